The van der Waals surface area contributed by atoms with E-state index in [9.17, 15) is 18.0 Å². The number of hydrogen-bond donors (Lipinski definition) is 3. The number of amides is 1. The fourth-order valence-electron chi connectivity index (χ4n) is 3.73. The number of benzene rings is 3. The van der Waals surface area contributed by atoms with Crippen molar-refractivity contribution in [1.29, 1.82) is 0 Å². The number of esters is 1. The zero-order valence-electron chi connectivity index (χ0n) is 20.7. The summed E-state index contributed by atoms with van der Waals surface area (Å²) < 4.78 is 32.8. The van der Waals surface area contributed by atoms with Gasteiger partial charge in [-0.3, -0.25) is 9.52 Å². The maximum Gasteiger partial charge on any atom is 0.338 e. The fourth-order valence-corrected chi connectivity index (χ4v) is 4.74. The number of pyridine rings is 1. The molecule has 3 N–H and O–H groups in total. The largest absolute Gasteiger partial charge is 0.449 e. The van der Waals surface area contributed by atoms with Gasteiger partial charge in [-0.25, -0.2) is 23.2 Å². The molecule has 0 bridgehead atoms. The Morgan fingerprint density at radius 2 is 1.67 bits per heavy atom. The van der Waals surface area contributed by atoms with Crippen LogP contribution in [0.4, 0.5) is 11.5 Å². The maximum absolute atomic E-state index is 12.7. The summed E-state index contributed by atoms with van der Waals surface area (Å²) in [6, 6.07) is 25.0. The Morgan fingerprint density at radius 1 is 0.923 bits per heavy atom. The summed E-state index contributed by atoms with van der Waals surface area (Å²) in [5.74, 6) is -0.374. The lowest BCUT2D eigenvalue weighted by Gasteiger charge is -2.14. The number of rotatable bonds is 8. The predicted octanol–water partition coefficient (Wildman–Crippen LogP) is 4.61. The lowest BCUT2D eigenvalue weighted by molar-refractivity contribution is -0.123. The molecule has 5 rings (SSSR count). The van der Waals surface area contributed by atoms with E-state index in [2.05, 4.69) is 25.0 Å². The first kappa shape index (κ1) is 25.6. The third-order valence-electron chi connectivity index (χ3n) is 5.75. The first-order valence-electron chi connectivity index (χ1n) is 11.9. The number of fused-ring (bicyclic) bond motifs is 1. The maximum atomic E-state index is 12.7. The third kappa shape index (κ3) is 5.94. The van der Waals surface area contributed by atoms with Crippen molar-refractivity contribution < 1.29 is 22.7 Å². The minimum absolute atomic E-state index is 0.00440. The number of anilines is 2. The van der Waals surface area contributed by atoms with Crippen molar-refractivity contribution >= 4 is 44.4 Å². The Labute approximate surface area is 224 Å². The number of aromatic amines is 1. The van der Waals surface area contributed by atoms with Crippen LogP contribution in [-0.4, -0.2) is 41.4 Å². The van der Waals surface area contributed by atoms with Crippen LogP contribution in [0, 0.1) is 0 Å². The van der Waals surface area contributed by atoms with Gasteiger partial charge in [-0.1, -0.05) is 36.4 Å². The smallest absolute Gasteiger partial charge is 0.338 e. The van der Waals surface area contributed by atoms with E-state index in [1.54, 1.807) is 30.3 Å². The van der Waals surface area contributed by atoms with Gasteiger partial charge in [0, 0.05) is 17.4 Å². The highest BCUT2D eigenvalue weighted by Gasteiger charge is 2.21. The average molecular weight is 542 g/mol. The molecule has 0 radical (unpaired) electrons. The van der Waals surface area contributed by atoms with E-state index in [4.69, 9.17) is 4.74 Å². The lowest BCUT2D eigenvalue weighted by Crippen LogP contribution is -2.30. The molecule has 196 valence electrons. The van der Waals surface area contributed by atoms with Crippen molar-refractivity contribution in [2.24, 2.45) is 0 Å². The van der Waals surface area contributed by atoms with Crippen LogP contribution < -0.4 is 10.0 Å². The van der Waals surface area contributed by atoms with Crippen molar-refractivity contribution in [2.75, 3.05) is 10.0 Å². The molecule has 1 unspecified atom stereocenters. The number of hydrogen-bond acceptors (Lipinski definition) is 7. The summed E-state index contributed by atoms with van der Waals surface area (Å²) in [6.07, 6.45) is 0.367. The molecule has 11 heteroatoms. The lowest BCUT2D eigenvalue weighted by atomic mass is 10.2. The van der Waals surface area contributed by atoms with Crippen LogP contribution in [0.5, 0.6) is 0 Å². The van der Waals surface area contributed by atoms with E-state index in [0.717, 1.165) is 5.56 Å². The van der Waals surface area contributed by atoms with E-state index < -0.39 is 28.0 Å². The van der Waals surface area contributed by atoms with E-state index in [0.29, 0.717) is 22.5 Å². The number of nitrogens with one attached hydrogen (secondary N) is 3. The number of carbonyl (C=O) groups is 2. The minimum Gasteiger partial charge on any atom is -0.449 e. The van der Waals surface area contributed by atoms with Crippen LogP contribution in [0.15, 0.2) is 102 Å². The fraction of sp³-hybridized carbons (Fsp3) is 0.0714. The van der Waals surface area contributed by atoms with Gasteiger partial charge in [-0.2, -0.15) is 0 Å². The molecule has 5 aromatic rings. The topological polar surface area (TPSA) is 143 Å². The first-order valence-corrected chi connectivity index (χ1v) is 13.4. The van der Waals surface area contributed by atoms with Gasteiger partial charge in [0.05, 0.1) is 21.5 Å². The number of aromatic nitrogens is 3. The Kier molecular flexibility index (Phi) is 7.06. The van der Waals surface area contributed by atoms with Gasteiger partial charge in [-0.15, -0.1) is 0 Å². The van der Waals surface area contributed by atoms with E-state index in [1.807, 2.05) is 30.3 Å². The second kappa shape index (κ2) is 10.8. The molecule has 2 heterocycles. The zero-order valence-corrected chi connectivity index (χ0v) is 21.5. The van der Waals surface area contributed by atoms with Gasteiger partial charge in [0.25, 0.3) is 15.9 Å². The molecular formula is C28H23N5O5S. The molecular weight excluding hydrogens is 518 g/mol. The predicted molar refractivity (Wildman–Crippen MR) is 147 cm³/mol. The summed E-state index contributed by atoms with van der Waals surface area (Å²) in [7, 11) is -3.85. The van der Waals surface area contributed by atoms with Crippen molar-refractivity contribution in [1.82, 2.24) is 15.0 Å². The van der Waals surface area contributed by atoms with Crippen LogP contribution in [0.25, 0.3) is 22.4 Å². The molecule has 0 saturated heterocycles. The summed E-state index contributed by atoms with van der Waals surface area (Å²) in [4.78, 5) is 37.0. The minimum atomic E-state index is -3.85. The molecule has 1 atom stereocenters. The van der Waals surface area contributed by atoms with Crippen molar-refractivity contribution in [3.63, 3.8) is 0 Å². The second-order valence-corrected chi connectivity index (χ2v) is 10.2. The monoisotopic (exact) mass is 541 g/mol. The molecule has 0 saturated carbocycles. The molecule has 1 amide bonds. The van der Waals surface area contributed by atoms with E-state index in [-0.39, 0.29) is 16.3 Å². The van der Waals surface area contributed by atoms with Crippen LogP contribution in [0.2, 0.25) is 0 Å². The summed E-state index contributed by atoms with van der Waals surface area (Å²) in [5.41, 5.74) is 2.87. The molecule has 0 fully saturated rings. The van der Waals surface area contributed by atoms with Crippen LogP contribution in [0.3, 0.4) is 0 Å². The Balaban J connectivity index is 1.21. The Morgan fingerprint density at radius 3 is 2.38 bits per heavy atom. The normalized spacial score (nSPS) is 12.0. The van der Waals surface area contributed by atoms with Crippen LogP contribution in [0.1, 0.15) is 17.3 Å². The standard InChI is InChI=1S/C28H23N5O5S/c1-18(27(34)30-21-11-13-22(14-12-21)39(36,37)33-25-9-5-6-16-29-25)38-28(35)20-10-15-23-24(17-20)32-26(31-23)19-7-3-2-4-8-19/h2-18H,1H3,(H,29,33)(H,30,34)(H,31,32). The molecule has 10 nitrogen and oxygen atoms in total. The van der Waals surface area contributed by atoms with Crippen molar-refractivity contribution in [3.8, 4) is 11.4 Å². The quantitative estimate of drug-likeness (QED) is 0.243. The van der Waals surface area contributed by atoms with Gasteiger partial charge < -0.3 is 15.0 Å². The Bertz CT molecular complexity index is 1740. The van der Waals surface area contributed by atoms with Gasteiger partial charge in [-0.05, 0) is 61.5 Å². The van der Waals surface area contributed by atoms with E-state index in [1.165, 1.54) is 43.5 Å². The number of carbonyl (C=O) groups excluding carboxylic acids is 2. The molecule has 39 heavy (non-hydrogen) atoms. The number of sulfonamides is 1. The highest BCUT2D eigenvalue weighted by molar-refractivity contribution is 7.92. The highest BCUT2D eigenvalue weighted by Crippen LogP contribution is 2.22. The first-order chi connectivity index (χ1) is 18.8. The summed E-state index contributed by atoms with van der Waals surface area (Å²) in [5, 5.41) is 2.62. The van der Waals surface area contributed by atoms with E-state index >= 15 is 0 Å². The summed E-state index contributed by atoms with van der Waals surface area (Å²) in [6.45, 7) is 1.45. The third-order valence-corrected chi connectivity index (χ3v) is 7.12. The van der Waals surface area contributed by atoms with Gasteiger partial charge >= 0.3 is 5.97 Å². The summed E-state index contributed by atoms with van der Waals surface area (Å²) >= 11 is 0. The molecule has 0 aliphatic heterocycles. The average Bonchev–Trinajstić information content (AvgIpc) is 3.38. The second-order valence-electron chi connectivity index (χ2n) is 8.57. The highest BCUT2D eigenvalue weighted by atomic mass is 32.2. The zero-order chi connectivity index (χ0) is 27.4. The molecule has 0 spiro atoms. The Hall–Kier alpha value is -5.03. The number of nitrogens with zero attached hydrogens (tertiary/aromatic N) is 2. The number of ether oxygens (including phenoxy) is 1. The SMILES string of the molecule is CC(OC(=O)c1ccc2nc(-c3ccccc3)[nH]c2c1)C(=O)Nc1ccc(S(=O)(=O)Nc2ccccn2)cc1. The van der Waals surface area contributed by atoms with Gasteiger partial charge in [0.2, 0.25) is 0 Å². The molecule has 3 aromatic carbocycles. The van der Waals surface area contributed by atoms with Crippen LogP contribution in [-0.2, 0) is 19.6 Å². The molecule has 0 aliphatic rings. The molecule has 0 aliphatic carbocycles. The molecule has 2 aromatic heterocycles. The van der Waals surface area contributed by atoms with Crippen molar-refractivity contribution in [2.45, 2.75) is 17.9 Å². The van der Waals surface area contributed by atoms with Crippen LogP contribution >= 0.6 is 0 Å². The van der Waals surface area contributed by atoms with Gasteiger partial charge in [0.1, 0.15) is 11.6 Å². The van der Waals surface area contributed by atoms with Crippen molar-refractivity contribution in [3.05, 3.63) is 103 Å². The van der Waals surface area contributed by atoms with Gasteiger partial charge in [0.15, 0.2) is 6.10 Å². The number of imidazole rings is 1. The number of H-pyrrole nitrogens is 1.